The van der Waals surface area contributed by atoms with Crippen molar-refractivity contribution in [2.75, 3.05) is 13.0 Å². The van der Waals surface area contributed by atoms with Crippen LogP contribution in [0.25, 0.3) is 11.4 Å². The molecule has 0 fully saturated rings. The number of hydrogen-bond donors (Lipinski definition) is 1. The molecule has 3 aromatic rings. The van der Waals surface area contributed by atoms with Crippen LogP contribution in [0.15, 0.2) is 47.6 Å². The van der Waals surface area contributed by atoms with Crippen LogP contribution >= 0.6 is 11.8 Å². The number of hydrogen-bond acceptors (Lipinski definition) is 5. The van der Waals surface area contributed by atoms with Crippen LogP contribution in [-0.4, -0.2) is 22.0 Å². The number of ether oxygens (including phenoxy) is 1. The standard InChI is InChI=1S/C16H14F2N4OS/c1-23-14-7-2-10(8-13(14)18)9-24-16-21-20-15(22(16)19)11-3-5-12(17)6-4-11/h2-8H,9,19H2,1H3. The van der Waals surface area contributed by atoms with E-state index < -0.39 is 5.82 Å². The predicted molar refractivity (Wildman–Crippen MR) is 88.1 cm³/mol. The molecule has 0 radical (unpaired) electrons. The van der Waals surface area contributed by atoms with Gasteiger partial charge in [0.25, 0.3) is 0 Å². The van der Waals surface area contributed by atoms with E-state index in [1.165, 1.54) is 41.7 Å². The van der Waals surface area contributed by atoms with E-state index in [1.807, 2.05) is 0 Å². The molecule has 0 amide bonds. The Morgan fingerprint density at radius 1 is 1.12 bits per heavy atom. The lowest BCUT2D eigenvalue weighted by atomic mass is 10.2. The van der Waals surface area contributed by atoms with Gasteiger partial charge in [0.15, 0.2) is 17.4 Å². The second-order valence-electron chi connectivity index (χ2n) is 4.94. The Labute approximate surface area is 141 Å². The van der Waals surface area contributed by atoms with E-state index in [0.717, 1.165) is 5.56 Å². The maximum atomic E-state index is 13.7. The zero-order valence-electron chi connectivity index (χ0n) is 12.7. The summed E-state index contributed by atoms with van der Waals surface area (Å²) in [6.45, 7) is 0. The monoisotopic (exact) mass is 348 g/mol. The van der Waals surface area contributed by atoms with E-state index in [0.29, 0.717) is 22.3 Å². The molecule has 0 saturated carbocycles. The molecule has 0 atom stereocenters. The Balaban J connectivity index is 1.75. The Morgan fingerprint density at radius 2 is 1.88 bits per heavy atom. The van der Waals surface area contributed by atoms with Gasteiger partial charge in [0.2, 0.25) is 5.16 Å². The zero-order valence-corrected chi connectivity index (χ0v) is 13.6. The highest BCUT2D eigenvalue weighted by Gasteiger charge is 2.13. The smallest absolute Gasteiger partial charge is 0.210 e. The van der Waals surface area contributed by atoms with Gasteiger partial charge in [-0.05, 0) is 42.0 Å². The van der Waals surface area contributed by atoms with E-state index in [9.17, 15) is 8.78 Å². The van der Waals surface area contributed by atoms with Gasteiger partial charge in [0.05, 0.1) is 7.11 Å². The molecule has 2 N–H and O–H groups in total. The first-order valence-electron chi connectivity index (χ1n) is 7.00. The van der Waals surface area contributed by atoms with Gasteiger partial charge >= 0.3 is 0 Å². The number of methoxy groups -OCH3 is 1. The second-order valence-corrected chi connectivity index (χ2v) is 5.88. The zero-order chi connectivity index (χ0) is 17.1. The van der Waals surface area contributed by atoms with Crippen molar-refractivity contribution in [1.29, 1.82) is 0 Å². The average Bonchev–Trinajstić information content (AvgIpc) is 2.95. The quantitative estimate of drug-likeness (QED) is 0.566. The SMILES string of the molecule is COc1ccc(CSc2nnc(-c3ccc(F)cc3)n2N)cc1F. The van der Waals surface area contributed by atoms with Gasteiger partial charge in [0, 0.05) is 11.3 Å². The normalized spacial score (nSPS) is 10.8. The number of rotatable bonds is 5. The van der Waals surface area contributed by atoms with E-state index >= 15 is 0 Å². The van der Waals surface area contributed by atoms with Crippen LogP contribution in [0.1, 0.15) is 5.56 Å². The van der Waals surface area contributed by atoms with Crippen molar-refractivity contribution in [3.05, 3.63) is 59.7 Å². The molecule has 24 heavy (non-hydrogen) atoms. The molecule has 0 aliphatic carbocycles. The van der Waals surface area contributed by atoms with Crippen molar-refractivity contribution >= 4 is 11.8 Å². The van der Waals surface area contributed by atoms with Gasteiger partial charge in [-0.25, -0.2) is 13.5 Å². The number of benzene rings is 2. The third-order valence-corrected chi connectivity index (χ3v) is 4.37. The Hall–Kier alpha value is -2.61. The van der Waals surface area contributed by atoms with Gasteiger partial charge in [-0.3, -0.25) is 0 Å². The minimum Gasteiger partial charge on any atom is -0.494 e. The summed E-state index contributed by atoms with van der Waals surface area (Å²) in [7, 11) is 1.42. The number of nitrogens with two attached hydrogens (primary N) is 1. The van der Waals surface area contributed by atoms with Crippen LogP contribution in [0.4, 0.5) is 8.78 Å². The van der Waals surface area contributed by atoms with Gasteiger partial charge in [-0.2, -0.15) is 0 Å². The second kappa shape index (κ2) is 6.88. The maximum Gasteiger partial charge on any atom is 0.210 e. The molecular weight excluding hydrogens is 334 g/mol. The van der Waals surface area contributed by atoms with Gasteiger partial charge in [-0.15, -0.1) is 10.2 Å². The lowest BCUT2D eigenvalue weighted by Crippen LogP contribution is -2.11. The fourth-order valence-electron chi connectivity index (χ4n) is 2.12. The molecule has 8 heteroatoms. The highest BCUT2D eigenvalue weighted by molar-refractivity contribution is 7.98. The summed E-state index contributed by atoms with van der Waals surface area (Å²) in [6, 6.07) is 10.6. The van der Waals surface area contributed by atoms with E-state index in [4.69, 9.17) is 10.6 Å². The fraction of sp³-hybridized carbons (Fsp3) is 0.125. The molecular formula is C16H14F2N4OS. The molecule has 0 spiro atoms. The van der Waals surface area contributed by atoms with E-state index in [1.54, 1.807) is 24.3 Å². The highest BCUT2D eigenvalue weighted by atomic mass is 32.2. The number of thioether (sulfide) groups is 1. The van der Waals surface area contributed by atoms with Crippen molar-refractivity contribution in [1.82, 2.24) is 14.9 Å². The Kier molecular flexibility index (Phi) is 4.66. The molecule has 5 nitrogen and oxygen atoms in total. The fourth-order valence-corrected chi connectivity index (χ4v) is 2.92. The topological polar surface area (TPSA) is 66.0 Å². The number of nitrogens with zero attached hydrogens (tertiary/aromatic N) is 3. The first-order chi connectivity index (χ1) is 11.6. The summed E-state index contributed by atoms with van der Waals surface area (Å²) in [5, 5.41) is 8.53. The summed E-state index contributed by atoms with van der Waals surface area (Å²) >= 11 is 1.32. The van der Waals surface area contributed by atoms with Crippen LogP contribution in [0, 0.1) is 11.6 Å². The Morgan fingerprint density at radius 3 is 2.54 bits per heavy atom. The predicted octanol–water partition coefficient (Wildman–Crippen LogP) is 3.24. The Bertz CT molecular complexity index is 852. The summed E-state index contributed by atoms with van der Waals surface area (Å²) < 4.78 is 32.9. The van der Waals surface area contributed by atoms with Gasteiger partial charge in [0.1, 0.15) is 5.82 Å². The number of halogens is 2. The molecule has 0 unspecified atom stereocenters. The minimum atomic E-state index is -0.420. The number of nitrogen functional groups attached to an aromatic ring is 1. The van der Waals surface area contributed by atoms with E-state index in [2.05, 4.69) is 10.2 Å². The summed E-state index contributed by atoms with van der Waals surface area (Å²) in [4.78, 5) is 0. The maximum absolute atomic E-state index is 13.7. The first-order valence-corrected chi connectivity index (χ1v) is 7.98. The molecule has 0 saturated heterocycles. The molecule has 124 valence electrons. The van der Waals surface area contributed by atoms with Crippen LogP contribution in [-0.2, 0) is 5.75 Å². The largest absolute Gasteiger partial charge is 0.494 e. The third-order valence-electron chi connectivity index (χ3n) is 3.35. The molecule has 2 aromatic carbocycles. The van der Waals surface area contributed by atoms with Gasteiger partial charge < -0.3 is 10.6 Å². The van der Waals surface area contributed by atoms with Crippen molar-refractivity contribution < 1.29 is 13.5 Å². The number of aromatic nitrogens is 3. The van der Waals surface area contributed by atoms with Crippen LogP contribution in [0.3, 0.4) is 0 Å². The van der Waals surface area contributed by atoms with Crippen molar-refractivity contribution in [3.63, 3.8) is 0 Å². The molecule has 3 rings (SSSR count). The third kappa shape index (κ3) is 3.33. The summed E-state index contributed by atoms with van der Waals surface area (Å²) in [5.41, 5.74) is 1.43. The van der Waals surface area contributed by atoms with Crippen molar-refractivity contribution in [2.45, 2.75) is 10.9 Å². The van der Waals surface area contributed by atoms with Crippen molar-refractivity contribution in [3.8, 4) is 17.1 Å². The average molecular weight is 348 g/mol. The molecule has 1 heterocycles. The molecule has 1 aromatic heterocycles. The molecule has 0 bridgehead atoms. The summed E-state index contributed by atoms with van der Waals surface area (Å²) in [5.74, 6) is 6.34. The molecule has 0 aliphatic heterocycles. The molecule has 0 aliphatic rings. The highest BCUT2D eigenvalue weighted by Crippen LogP contribution is 2.26. The van der Waals surface area contributed by atoms with Gasteiger partial charge in [-0.1, -0.05) is 17.8 Å². The van der Waals surface area contributed by atoms with Crippen LogP contribution < -0.4 is 10.6 Å². The van der Waals surface area contributed by atoms with Crippen LogP contribution in [0.5, 0.6) is 5.75 Å². The van der Waals surface area contributed by atoms with Crippen molar-refractivity contribution in [2.24, 2.45) is 0 Å². The van der Waals surface area contributed by atoms with E-state index in [-0.39, 0.29) is 11.6 Å². The minimum absolute atomic E-state index is 0.198. The lowest BCUT2D eigenvalue weighted by molar-refractivity contribution is 0.386. The lowest BCUT2D eigenvalue weighted by Gasteiger charge is -2.06. The van der Waals surface area contributed by atoms with Crippen LogP contribution in [0.2, 0.25) is 0 Å². The summed E-state index contributed by atoms with van der Waals surface area (Å²) in [6.07, 6.45) is 0. The first kappa shape index (κ1) is 16.3.